The molecule has 1 aromatic carbocycles. The Morgan fingerprint density at radius 1 is 1.13 bits per heavy atom. The van der Waals surface area contributed by atoms with E-state index in [2.05, 4.69) is 47.9 Å². The highest BCUT2D eigenvalue weighted by molar-refractivity contribution is 5.92. The Kier molecular flexibility index (Phi) is 6.89. The zero-order valence-electron chi connectivity index (χ0n) is 22.0. The van der Waals surface area contributed by atoms with E-state index in [1.165, 1.54) is 25.9 Å². The van der Waals surface area contributed by atoms with Crippen molar-refractivity contribution >= 4 is 16.6 Å². The summed E-state index contributed by atoms with van der Waals surface area (Å²) in [5.41, 5.74) is 7.37. The molecule has 1 aliphatic heterocycles. The van der Waals surface area contributed by atoms with Crippen LogP contribution in [0.25, 0.3) is 39.3 Å². The van der Waals surface area contributed by atoms with Crippen LogP contribution in [0, 0.1) is 12.7 Å². The third kappa shape index (κ3) is 5.18. The molecule has 0 saturated carbocycles. The van der Waals surface area contributed by atoms with Crippen molar-refractivity contribution in [3.8, 4) is 22.6 Å². The number of likely N-dealkylation sites (tertiary alicyclic amines) is 1. The van der Waals surface area contributed by atoms with Crippen LogP contribution in [-0.2, 0) is 6.42 Å². The van der Waals surface area contributed by atoms with Crippen molar-refractivity contribution in [2.45, 2.75) is 32.6 Å². The van der Waals surface area contributed by atoms with Crippen LogP contribution in [0.2, 0.25) is 0 Å². The Morgan fingerprint density at radius 3 is 2.79 bits per heavy atom. The van der Waals surface area contributed by atoms with E-state index < -0.39 is 0 Å². The summed E-state index contributed by atoms with van der Waals surface area (Å²) in [5.74, 6) is 0.387. The minimum atomic E-state index is -0.246. The number of H-pyrrole nitrogens is 3. The van der Waals surface area contributed by atoms with Crippen molar-refractivity contribution in [2.75, 3.05) is 19.6 Å². The van der Waals surface area contributed by atoms with Crippen molar-refractivity contribution in [2.24, 2.45) is 0 Å². The first kappa shape index (κ1) is 24.9. The number of allylic oxidation sites excluding steroid dienone is 2. The Bertz CT molecular complexity index is 1640. The molecule has 1 saturated heterocycles. The number of nitrogens with one attached hydrogen (secondary N) is 3. The highest BCUT2D eigenvalue weighted by Gasteiger charge is 2.19. The fraction of sp³-hybridized carbons (Fsp3) is 0.267. The van der Waals surface area contributed by atoms with Crippen LogP contribution in [0.4, 0.5) is 4.39 Å². The average Bonchev–Trinajstić information content (AvgIpc) is 3.74. The molecule has 9 heteroatoms. The van der Waals surface area contributed by atoms with E-state index >= 15 is 0 Å². The van der Waals surface area contributed by atoms with Crippen LogP contribution in [0.3, 0.4) is 0 Å². The van der Waals surface area contributed by atoms with Gasteiger partial charge in [-0.25, -0.2) is 14.4 Å². The summed E-state index contributed by atoms with van der Waals surface area (Å²) < 4.78 is 14.8. The van der Waals surface area contributed by atoms with Crippen LogP contribution in [0.1, 0.15) is 41.8 Å². The Labute approximate surface area is 226 Å². The van der Waals surface area contributed by atoms with Crippen LogP contribution >= 0.6 is 0 Å². The predicted molar refractivity (Wildman–Crippen MR) is 151 cm³/mol. The minimum absolute atomic E-state index is 0.246. The molecule has 0 amide bonds. The van der Waals surface area contributed by atoms with Gasteiger partial charge in [0, 0.05) is 34.8 Å². The number of aromatic nitrogens is 7. The molecule has 5 heterocycles. The van der Waals surface area contributed by atoms with E-state index in [1.54, 1.807) is 30.6 Å². The van der Waals surface area contributed by atoms with Gasteiger partial charge in [-0.05, 0) is 81.6 Å². The highest BCUT2D eigenvalue weighted by atomic mass is 19.1. The number of halogens is 1. The molecule has 0 unspecified atom stereocenters. The molecular formula is C30H31FN8. The van der Waals surface area contributed by atoms with Crippen LogP contribution in [0.15, 0.2) is 61.6 Å². The lowest BCUT2D eigenvalue weighted by molar-refractivity contribution is 0.334. The summed E-state index contributed by atoms with van der Waals surface area (Å²) in [6, 6.07) is 7.30. The van der Waals surface area contributed by atoms with E-state index in [0.29, 0.717) is 11.5 Å². The topological polar surface area (TPSA) is 102 Å². The molecule has 39 heavy (non-hydrogen) atoms. The van der Waals surface area contributed by atoms with E-state index in [-0.39, 0.29) is 5.82 Å². The van der Waals surface area contributed by atoms with Crippen molar-refractivity contribution in [1.29, 1.82) is 0 Å². The molecule has 0 radical (unpaired) electrons. The molecule has 0 spiro atoms. The van der Waals surface area contributed by atoms with Gasteiger partial charge < -0.3 is 9.88 Å². The van der Waals surface area contributed by atoms with E-state index in [9.17, 15) is 4.39 Å². The highest BCUT2D eigenvalue weighted by Crippen LogP contribution is 2.32. The molecule has 0 bridgehead atoms. The monoisotopic (exact) mass is 522 g/mol. The second-order valence-corrected chi connectivity index (χ2v) is 10.1. The summed E-state index contributed by atoms with van der Waals surface area (Å²) >= 11 is 0. The third-order valence-electron chi connectivity index (χ3n) is 7.31. The first-order valence-electron chi connectivity index (χ1n) is 13.3. The summed E-state index contributed by atoms with van der Waals surface area (Å²) in [7, 11) is 0. The first-order valence-corrected chi connectivity index (χ1v) is 13.3. The first-order chi connectivity index (χ1) is 19.1. The minimum Gasteiger partial charge on any atom is -0.340 e. The Hall–Kier alpha value is -4.37. The molecule has 1 aliphatic rings. The van der Waals surface area contributed by atoms with Gasteiger partial charge in [0.2, 0.25) is 0 Å². The number of rotatable bonds is 9. The summed E-state index contributed by atoms with van der Waals surface area (Å²) in [5, 5.41) is 15.2. The van der Waals surface area contributed by atoms with Crippen molar-refractivity contribution in [3.63, 3.8) is 0 Å². The Balaban J connectivity index is 1.32. The fourth-order valence-electron chi connectivity index (χ4n) is 5.38. The van der Waals surface area contributed by atoms with Gasteiger partial charge in [0.15, 0.2) is 11.5 Å². The van der Waals surface area contributed by atoms with Crippen LogP contribution in [0.5, 0.6) is 0 Å². The number of hydrogen-bond acceptors (Lipinski definition) is 5. The summed E-state index contributed by atoms with van der Waals surface area (Å²) in [6.45, 7) is 9.27. The number of pyridine rings is 1. The van der Waals surface area contributed by atoms with Crippen molar-refractivity contribution in [1.82, 2.24) is 40.2 Å². The molecule has 198 valence electrons. The SMILES string of the molecule is C=C/C=C(/c1cc(F)cc(CCCN2CCCC2)c1)c1nc(-c2[nH]nc3ncc(-c4cn[nH]c4)cc23)[nH]c1C. The standard InChI is InChI=1S/C30H31FN8/c1-3-7-25(21-12-20(13-24(31)14-21)8-6-11-39-9-4-5-10-39)27-19(2)35-30(36-27)28-26-15-22(23-17-33-34-18-23)16-32-29(26)38-37-28/h3,7,12-18H,1,4-6,8-11H2,2H3,(H,33,34)(H,35,36)(H,32,37,38)/b25-7-. The van der Waals surface area contributed by atoms with Gasteiger partial charge in [-0.15, -0.1) is 0 Å². The predicted octanol–water partition coefficient (Wildman–Crippen LogP) is 5.83. The lowest BCUT2D eigenvalue weighted by atomic mass is 9.97. The number of imidazole rings is 1. The van der Waals surface area contributed by atoms with Crippen molar-refractivity contribution in [3.05, 3.63) is 89.9 Å². The average molecular weight is 523 g/mol. The van der Waals surface area contributed by atoms with Crippen molar-refractivity contribution < 1.29 is 4.39 Å². The van der Waals surface area contributed by atoms with Gasteiger partial charge in [0.05, 0.1) is 17.3 Å². The van der Waals surface area contributed by atoms with Gasteiger partial charge in [0.1, 0.15) is 11.5 Å². The van der Waals surface area contributed by atoms with Gasteiger partial charge in [-0.2, -0.15) is 10.2 Å². The number of fused-ring (bicyclic) bond motifs is 1. The second kappa shape index (κ2) is 10.8. The maximum Gasteiger partial charge on any atom is 0.181 e. The maximum atomic E-state index is 14.8. The summed E-state index contributed by atoms with van der Waals surface area (Å²) in [4.78, 5) is 15.3. The zero-order valence-corrected chi connectivity index (χ0v) is 22.0. The van der Waals surface area contributed by atoms with E-state index in [4.69, 9.17) is 4.98 Å². The smallest absolute Gasteiger partial charge is 0.181 e. The fourth-order valence-corrected chi connectivity index (χ4v) is 5.38. The number of hydrogen-bond donors (Lipinski definition) is 3. The lowest BCUT2D eigenvalue weighted by Gasteiger charge is -2.14. The molecule has 0 atom stereocenters. The van der Waals surface area contributed by atoms with Gasteiger partial charge >= 0.3 is 0 Å². The van der Waals surface area contributed by atoms with Gasteiger partial charge in [-0.3, -0.25) is 10.2 Å². The zero-order chi connectivity index (χ0) is 26.8. The molecule has 8 nitrogen and oxygen atoms in total. The largest absolute Gasteiger partial charge is 0.340 e. The molecule has 0 aliphatic carbocycles. The number of nitrogens with zero attached hydrogens (tertiary/aromatic N) is 5. The van der Waals surface area contributed by atoms with E-state index in [0.717, 1.165) is 69.7 Å². The molecule has 4 aromatic heterocycles. The number of aryl methyl sites for hydroxylation is 2. The molecule has 6 rings (SSSR count). The Morgan fingerprint density at radius 2 is 2.00 bits per heavy atom. The number of aromatic amines is 3. The molecule has 5 aromatic rings. The van der Waals surface area contributed by atoms with Crippen LogP contribution < -0.4 is 0 Å². The van der Waals surface area contributed by atoms with E-state index in [1.807, 2.05) is 25.3 Å². The number of benzene rings is 1. The second-order valence-electron chi connectivity index (χ2n) is 10.1. The lowest BCUT2D eigenvalue weighted by Crippen LogP contribution is -2.20. The quantitative estimate of drug-likeness (QED) is 0.211. The normalized spacial score (nSPS) is 14.5. The molecule has 1 fully saturated rings. The van der Waals surface area contributed by atoms with Gasteiger partial charge in [0.25, 0.3) is 0 Å². The molecular weight excluding hydrogens is 491 g/mol. The molecule has 3 N–H and O–H groups in total. The maximum absolute atomic E-state index is 14.8. The van der Waals surface area contributed by atoms with Crippen LogP contribution in [-0.4, -0.2) is 59.9 Å². The summed E-state index contributed by atoms with van der Waals surface area (Å²) in [6.07, 6.45) is 13.4. The third-order valence-corrected chi connectivity index (χ3v) is 7.31. The van der Waals surface area contributed by atoms with Gasteiger partial charge in [-0.1, -0.05) is 24.8 Å².